The van der Waals surface area contributed by atoms with E-state index in [-0.39, 0.29) is 0 Å². The summed E-state index contributed by atoms with van der Waals surface area (Å²) in [5, 5.41) is 3.61. The van der Waals surface area contributed by atoms with E-state index in [0.717, 1.165) is 19.0 Å². The van der Waals surface area contributed by atoms with Crippen LogP contribution in [-0.4, -0.2) is 11.0 Å². The van der Waals surface area contributed by atoms with Crippen LogP contribution in [0.4, 0.5) is 0 Å². The van der Waals surface area contributed by atoms with Crippen LogP contribution in [0.15, 0.2) is 18.3 Å². The summed E-state index contributed by atoms with van der Waals surface area (Å²) in [5.74, 6) is 0. The van der Waals surface area contributed by atoms with Gasteiger partial charge < -0.3 is 5.32 Å². The van der Waals surface area contributed by atoms with Crippen LogP contribution in [0.25, 0.3) is 0 Å². The van der Waals surface area contributed by atoms with Crippen LogP contribution in [0, 0.1) is 0 Å². The van der Waals surface area contributed by atoms with Crippen molar-refractivity contribution in [3.05, 3.63) is 29.6 Å². The van der Waals surface area contributed by atoms with Gasteiger partial charge in [0.2, 0.25) is 0 Å². The van der Waals surface area contributed by atoms with Crippen molar-refractivity contribution in [2.75, 3.05) is 0 Å². The van der Waals surface area contributed by atoms with Crippen molar-refractivity contribution < 1.29 is 0 Å². The Balaban J connectivity index is 1.91. The lowest BCUT2D eigenvalue weighted by Gasteiger charge is -2.13. The molecule has 2 rings (SSSR count). The molecule has 0 unspecified atom stereocenters. The Kier molecular flexibility index (Phi) is 3.73. The highest BCUT2D eigenvalue weighted by atomic mass is 14.9. The fourth-order valence-electron chi connectivity index (χ4n) is 2.32. The Labute approximate surface area is 92.1 Å². The van der Waals surface area contributed by atoms with Gasteiger partial charge in [-0.3, -0.25) is 4.98 Å². The number of hydrogen-bond acceptors (Lipinski definition) is 2. The average Bonchev–Trinajstić information content (AvgIpc) is 2.79. The molecule has 15 heavy (non-hydrogen) atoms. The molecule has 0 spiro atoms. The largest absolute Gasteiger partial charge is 0.308 e. The van der Waals surface area contributed by atoms with Crippen LogP contribution in [-0.2, 0) is 13.0 Å². The summed E-state index contributed by atoms with van der Waals surface area (Å²) < 4.78 is 0. The number of nitrogens with one attached hydrogen (secondary N) is 1. The van der Waals surface area contributed by atoms with E-state index in [9.17, 15) is 0 Å². The van der Waals surface area contributed by atoms with Gasteiger partial charge in [-0.1, -0.05) is 25.8 Å². The first-order valence-electron chi connectivity index (χ1n) is 6.06. The molecule has 0 amide bonds. The van der Waals surface area contributed by atoms with E-state index < -0.39 is 0 Å². The third kappa shape index (κ3) is 2.78. The summed E-state index contributed by atoms with van der Waals surface area (Å²) in [6.45, 7) is 3.13. The molecule has 0 aliphatic heterocycles. The molecule has 1 N–H and O–H groups in total. The van der Waals surface area contributed by atoms with Crippen LogP contribution < -0.4 is 5.32 Å². The second-order valence-electron chi connectivity index (χ2n) is 4.33. The van der Waals surface area contributed by atoms with E-state index in [1.54, 1.807) is 0 Å². The summed E-state index contributed by atoms with van der Waals surface area (Å²) in [7, 11) is 0. The lowest BCUT2D eigenvalue weighted by Crippen LogP contribution is -2.26. The highest BCUT2D eigenvalue weighted by Crippen LogP contribution is 2.18. The molecular weight excluding hydrogens is 184 g/mol. The van der Waals surface area contributed by atoms with Gasteiger partial charge in [-0.15, -0.1) is 0 Å². The summed E-state index contributed by atoms with van der Waals surface area (Å²) in [5.41, 5.74) is 2.61. The first kappa shape index (κ1) is 10.6. The van der Waals surface area contributed by atoms with Crippen molar-refractivity contribution in [2.45, 2.75) is 51.6 Å². The zero-order chi connectivity index (χ0) is 10.5. The van der Waals surface area contributed by atoms with Crippen LogP contribution in [0.5, 0.6) is 0 Å². The van der Waals surface area contributed by atoms with Gasteiger partial charge in [-0.2, -0.15) is 0 Å². The van der Waals surface area contributed by atoms with Crippen LogP contribution in [0.3, 0.4) is 0 Å². The predicted octanol–water partition coefficient (Wildman–Crippen LogP) is 2.68. The molecule has 1 fully saturated rings. The van der Waals surface area contributed by atoms with Gasteiger partial charge in [0.15, 0.2) is 0 Å². The van der Waals surface area contributed by atoms with E-state index in [2.05, 4.69) is 23.3 Å². The van der Waals surface area contributed by atoms with Crippen LogP contribution in [0.2, 0.25) is 0 Å². The number of aryl methyl sites for hydroxylation is 1. The molecule has 2 heteroatoms. The summed E-state index contributed by atoms with van der Waals surface area (Å²) >= 11 is 0. The van der Waals surface area contributed by atoms with Gasteiger partial charge in [0, 0.05) is 18.8 Å². The molecule has 1 saturated carbocycles. The van der Waals surface area contributed by atoms with E-state index in [1.807, 2.05) is 12.3 Å². The quantitative estimate of drug-likeness (QED) is 0.815. The molecule has 0 bridgehead atoms. The smallest absolute Gasteiger partial charge is 0.0573 e. The van der Waals surface area contributed by atoms with Crippen molar-refractivity contribution in [3.63, 3.8) is 0 Å². The Hall–Kier alpha value is -0.890. The van der Waals surface area contributed by atoms with Gasteiger partial charge in [-0.25, -0.2) is 0 Å². The second kappa shape index (κ2) is 5.26. The predicted molar refractivity (Wildman–Crippen MR) is 62.7 cm³/mol. The van der Waals surface area contributed by atoms with Gasteiger partial charge in [0.25, 0.3) is 0 Å². The van der Waals surface area contributed by atoms with Crippen molar-refractivity contribution >= 4 is 0 Å². The summed E-state index contributed by atoms with van der Waals surface area (Å²) in [4.78, 5) is 4.45. The number of nitrogens with zero attached hydrogens (tertiary/aromatic N) is 1. The Morgan fingerprint density at radius 3 is 2.93 bits per heavy atom. The molecular formula is C13H20N2. The maximum absolute atomic E-state index is 4.45. The Morgan fingerprint density at radius 2 is 2.20 bits per heavy atom. The van der Waals surface area contributed by atoms with Crippen LogP contribution in [0.1, 0.15) is 43.9 Å². The number of pyridine rings is 1. The van der Waals surface area contributed by atoms with E-state index >= 15 is 0 Å². The molecule has 0 saturated heterocycles. The molecule has 0 radical (unpaired) electrons. The molecule has 1 aliphatic rings. The molecule has 1 heterocycles. The molecule has 0 atom stereocenters. The fraction of sp³-hybridized carbons (Fsp3) is 0.615. The van der Waals surface area contributed by atoms with Crippen molar-refractivity contribution in [3.8, 4) is 0 Å². The van der Waals surface area contributed by atoms with E-state index in [0.29, 0.717) is 0 Å². The van der Waals surface area contributed by atoms with Crippen molar-refractivity contribution in [1.82, 2.24) is 10.3 Å². The van der Waals surface area contributed by atoms with Gasteiger partial charge in [-0.05, 0) is 30.9 Å². The third-order valence-corrected chi connectivity index (χ3v) is 3.28. The normalized spacial score (nSPS) is 17.1. The fourth-order valence-corrected chi connectivity index (χ4v) is 2.32. The maximum atomic E-state index is 4.45. The minimum atomic E-state index is 0.733. The van der Waals surface area contributed by atoms with Crippen molar-refractivity contribution in [1.29, 1.82) is 0 Å². The highest BCUT2D eigenvalue weighted by Gasteiger charge is 2.14. The van der Waals surface area contributed by atoms with Gasteiger partial charge >= 0.3 is 0 Å². The van der Waals surface area contributed by atoms with Gasteiger partial charge in [0.05, 0.1) is 5.69 Å². The monoisotopic (exact) mass is 204 g/mol. The average molecular weight is 204 g/mol. The SMILES string of the molecule is CCc1cccnc1CNC1CCCC1. The third-order valence-electron chi connectivity index (χ3n) is 3.28. The molecule has 1 aliphatic carbocycles. The lowest BCUT2D eigenvalue weighted by molar-refractivity contribution is 0.517. The van der Waals surface area contributed by atoms with Crippen LogP contribution >= 0.6 is 0 Å². The van der Waals surface area contributed by atoms with Gasteiger partial charge in [0.1, 0.15) is 0 Å². The summed E-state index contributed by atoms with van der Waals surface area (Å²) in [6.07, 6.45) is 8.43. The molecule has 2 nitrogen and oxygen atoms in total. The Morgan fingerprint density at radius 1 is 1.40 bits per heavy atom. The standard InChI is InChI=1S/C13H20N2/c1-2-11-6-5-9-14-13(11)10-15-12-7-3-4-8-12/h5-6,9,12,15H,2-4,7-8,10H2,1H3. The topological polar surface area (TPSA) is 24.9 Å². The first-order chi connectivity index (χ1) is 7.40. The molecule has 1 aromatic rings. The Bertz CT molecular complexity index is 303. The van der Waals surface area contributed by atoms with Crippen molar-refractivity contribution in [2.24, 2.45) is 0 Å². The zero-order valence-electron chi connectivity index (χ0n) is 9.50. The number of hydrogen-bond donors (Lipinski definition) is 1. The van der Waals surface area contributed by atoms with E-state index in [4.69, 9.17) is 0 Å². The van der Waals surface area contributed by atoms with E-state index in [1.165, 1.54) is 36.9 Å². The maximum Gasteiger partial charge on any atom is 0.0573 e. The number of rotatable bonds is 4. The summed E-state index contributed by atoms with van der Waals surface area (Å²) in [6, 6.07) is 4.94. The lowest BCUT2D eigenvalue weighted by atomic mass is 10.1. The highest BCUT2D eigenvalue weighted by molar-refractivity contribution is 5.19. The minimum absolute atomic E-state index is 0.733. The molecule has 0 aromatic carbocycles. The minimum Gasteiger partial charge on any atom is -0.308 e. The molecule has 1 aromatic heterocycles. The zero-order valence-corrected chi connectivity index (χ0v) is 9.50. The first-order valence-corrected chi connectivity index (χ1v) is 6.06. The number of aromatic nitrogens is 1. The second-order valence-corrected chi connectivity index (χ2v) is 4.33. The molecule has 82 valence electrons.